The third-order valence-corrected chi connectivity index (χ3v) is 7.60. The number of nitrogen functional groups attached to an aromatic ring is 1. The molecule has 1 saturated heterocycles. The van der Waals surface area contributed by atoms with Crippen LogP contribution in [0.25, 0.3) is 21.8 Å². The third-order valence-electron chi connectivity index (χ3n) is 6.83. The van der Waals surface area contributed by atoms with E-state index in [1.54, 1.807) is 12.4 Å². The van der Waals surface area contributed by atoms with E-state index in [4.69, 9.17) is 15.5 Å². The maximum Gasteiger partial charge on any atom is 0.319 e. The van der Waals surface area contributed by atoms with Crippen LogP contribution in [0.1, 0.15) is 18.4 Å². The number of pyridine rings is 1. The van der Waals surface area contributed by atoms with Crippen molar-refractivity contribution in [3.8, 4) is 6.01 Å². The molecule has 1 fully saturated rings. The predicted octanol–water partition coefficient (Wildman–Crippen LogP) is 3.35. The van der Waals surface area contributed by atoms with Gasteiger partial charge in [-0.25, -0.2) is 9.37 Å². The second-order valence-electron chi connectivity index (χ2n) is 8.87. The molecule has 4 aromatic rings. The maximum absolute atomic E-state index is 15.6. The molecule has 0 aliphatic carbocycles. The van der Waals surface area contributed by atoms with Gasteiger partial charge in [-0.2, -0.15) is 15.1 Å². The molecule has 0 amide bonds. The highest BCUT2D eigenvalue weighted by Gasteiger charge is 2.29. The minimum Gasteiger partial charge on any atom is -0.462 e. The zero-order valence-electron chi connectivity index (χ0n) is 18.7. The largest absolute Gasteiger partial charge is 0.462 e. The average Bonchev–Trinajstić information content (AvgIpc) is 3.41. The second kappa shape index (κ2) is 8.31. The molecule has 0 saturated carbocycles. The molecule has 1 atom stereocenters. The normalized spacial score (nSPS) is 18.3. The van der Waals surface area contributed by atoms with Crippen LogP contribution in [0, 0.1) is 5.82 Å². The van der Waals surface area contributed by atoms with Crippen LogP contribution in [-0.2, 0) is 13.1 Å². The molecule has 2 aliphatic heterocycles. The van der Waals surface area contributed by atoms with Gasteiger partial charge >= 0.3 is 6.01 Å². The summed E-state index contributed by atoms with van der Waals surface area (Å²) in [5, 5.41) is 5.83. The quantitative estimate of drug-likeness (QED) is 0.422. The number of nitrogens with two attached hydrogens (primary N) is 1. The number of benzene rings is 1. The monoisotopic (exact) mass is 526 g/mol. The molecule has 0 spiro atoms. The van der Waals surface area contributed by atoms with Crippen LogP contribution in [0.4, 0.5) is 16.0 Å². The smallest absolute Gasteiger partial charge is 0.319 e. The van der Waals surface area contributed by atoms with Crippen molar-refractivity contribution in [2.75, 3.05) is 37.4 Å². The Morgan fingerprint density at radius 3 is 2.94 bits per heavy atom. The topological polar surface area (TPSA) is 98.2 Å². The molecule has 0 unspecified atom stereocenters. The summed E-state index contributed by atoms with van der Waals surface area (Å²) in [5.74, 6) is 0.623. The molecule has 0 radical (unpaired) electrons. The minimum absolute atomic E-state index is 0.171. The van der Waals surface area contributed by atoms with Crippen LogP contribution < -0.4 is 15.4 Å². The standard InChI is InChI=1S/C23H24BrFN8O/c1-31-7-3-5-14(31)12-34-23-29-19-16-20-15(17(24)18(19)25)10-28-33(20)9-8-32(22(16)30-23)11-13-4-2-6-27-21(13)26/h2,4,6,10,14H,3,5,7-9,11-12H2,1H3,(H2,26,27)/t14-/m0/s1. The van der Waals surface area contributed by atoms with E-state index in [-0.39, 0.29) is 11.5 Å². The van der Waals surface area contributed by atoms with Gasteiger partial charge in [-0.05, 0) is 48.4 Å². The van der Waals surface area contributed by atoms with Crippen LogP contribution >= 0.6 is 15.9 Å². The lowest BCUT2D eigenvalue weighted by atomic mass is 10.1. The first-order valence-electron chi connectivity index (χ1n) is 11.3. The summed E-state index contributed by atoms with van der Waals surface area (Å²) in [6.07, 6.45) is 5.54. The number of likely N-dealkylation sites (N-methyl/N-ethyl adjacent to an activating group) is 1. The Hall–Kier alpha value is -3.05. The molecule has 176 valence electrons. The third kappa shape index (κ3) is 3.45. The summed E-state index contributed by atoms with van der Waals surface area (Å²) >= 11 is 3.42. The van der Waals surface area contributed by atoms with Gasteiger partial charge in [-0.3, -0.25) is 4.68 Å². The van der Waals surface area contributed by atoms with Gasteiger partial charge in [0.2, 0.25) is 0 Å². The second-order valence-corrected chi connectivity index (χ2v) is 9.66. The number of anilines is 2. The number of rotatable bonds is 5. The molecule has 0 bridgehead atoms. The summed E-state index contributed by atoms with van der Waals surface area (Å²) in [4.78, 5) is 17.9. The molecule has 2 N–H and O–H groups in total. The average molecular weight is 527 g/mol. The zero-order valence-corrected chi connectivity index (χ0v) is 20.3. The van der Waals surface area contributed by atoms with Crippen molar-refractivity contribution >= 4 is 49.4 Å². The maximum atomic E-state index is 15.6. The molecule has 5 heterocycles. The van der Waals surface area contributed by atoms with E-state index >= 15 is 4.39 Å². The Labute approximate surface area is 203 Å². The lowest BCUT2D eigenvalue weighted by Gasteiger charge is -2.24. The molecule has 11 heteroatoms. The van der Waals surface area contributed by atoms with Crippen molar-refractivity contribution in [3.05, 3.63) is 40.4 Å². The van der Waals surface area contributed by atoms with Crippen LogP contribution in [0.15, 0.2) is 29.0 Å². The highest BCUT2D eigenvalue weighted by Crippen LogP contribution is 2.41. The van der Waals surface area contributed by atoms with Gasteiger partial charge < -0.3 is 20.3 Å². The van der Waals surface area contributed by atoms with Crippen LogP contribution in [0.5, 0.6) is 6.01 Å². The van der Waals surface area contributed by atoms with E-state index in [9.17, 15) is 0 Å². The Morgan fingerprint density at radius 2 is 2.15 bits per heavy atom. The van der Waals surface area contributed by atoms with Crippen LogP contribution in [0.2, 0.25) is 0 Å². The lowest BCUT2D eigenvalue weighted by molar-refractivity contribution is 0.188. The Bertz CT molecular complexity index is 1410. The fourth-order valence-electron chi connectivity index (χ4n) is 4.93. The van der Waals surface area contributed by atoms with Gasteiger partial charge in [0.25, 0.3) is 0 Å². The van der Waals surface area contributed by atoms with E-state index in [0.29, 0.717) is 59.2 Å². The van der Waals surface area contributed by atoms with Gasteiger partial charge in [0, 0.05) is 36.3 Å². The van der Waals surface area contributed by atoms with Gasteiger partial charge in [-0.15, -0.1) is 0 Å². The number of likely N-dealkylation sites (tertiary alicyclic amines) is 1. The predicted molar refractivity (Wildman–Crippen MR) is 131 cm³/mol. The number of hydrogen-bond acceptors (Lipinski definition) is 8. The van der Waals surface area contributed by atoms with Crippen LogP contribution in [0.3, 0.4) is 0 Å². The number of halogens is 2. The zero-order chi connectivity index (χ0) is 23.4. The van der Waals surface area contributed by atoms with Crippen molar-refractivity contribution in [3.63, 3.8) is 0 Å². The lowest BCUT2D eigenvalue weighted by Crippen LogP contribution is -2.31. The van der Waals surface area contributed by atoms with Gasteiger partial charge in [0.05, 0.1) is 28.1 Å². The number of aromatic nitrogens is 5. The molecule has 2 aliphatic rings. The fraction of sp³-hybridized carbons (Fsp3) is 0.391. The Morgan fingerprint density at radius 1 is 1.26 bits per heavy atom. The van der Waals surface area contributed by atoms with Gasteiger partial charge in [-0.1, -0.05) is 6.07 Å². The molecule has 6 rings (SSSR count). The van der Waals surface area contributed by atoms with Crippen molar-refractivity contribution in [1.29, 1.82) is 0 Å². The SMILES string of the molecule is CN1CCC[C@H]1COc1nc2c3c(n1)c(F)c(Br)c1cnn(c13)CCN2Cc1cccnc1N. The number of ether oxygens (including phenoxy) is 1. The summed E-state index contributed by atoms with van der Waals surface area (Å²) in [5.41, 5.74) is 8.03. The van der Waals surface area contributed by atoms with E-state index in [2.05, 4.69) is 47.8 Å². The van der Waals surface area contributed by atoms with Gasteiger partial charge in [0.1, 0.15) is 23.8 Å². The highest BCUT2D eigenvalue weighted by atomic mass is 79.9. The molecule has 9 nitrogen and oxygen atoms in total. The van der Waals surface area contributed by atoms with Crippen LogP contribution in [-0.4, -0.2) is 62.4 Å². The first-order chi connectivity index (χ1) is 16.5. The van der Waals surface area contributed by atoms with Crippen molar-refractivity contribution in [2.24, 2.45) is 0 Å². The Balaban J connectivity index is 1.50. The highest BCUT2D eigenvalue weighted by molar-refractivity contribution is 9.10. The minimum atomic E-state index is -0.448. The van der Waals surface area contributed by atoms with Crippen molar-refractivity contribution in [2.45, 2.75) is 32.0 Å². The van der Waals surface area contributed by atoms with E-state index in [1.165, 1.54) is 0 Å². The van der Waals surface area contributed by atoms with E-state index in [1.807, 2.05) is 16.8 Å². The molecule has 34 heavy (non-hydrogen) atoms. The van der Waals surface area contributed by atoms with Gasteiger partial charge in [0.15, 0.2) is 5.82 Å². The summed E-state index contributed by atoms with van der Waals surface area (Å²) in [7, 11) is 2.09. The molecule has 3 aromatic heterocycles. The summed E-state index contributed by atoms with van der Waals surface area (Å²) < 4.78 is 23.9. The van der Waals surface area contributed by atoms with E-state index < -0.39 is 5.82 Å². The molecule has 1 aromatic carbocycles. The molecular formula is C23H24BrFN8O. The Kier molecular flexibility index (Phi) is 5.25. The summed E-state index contributed by atoms with van der Waals surface area (Å²) in [6, 6.07) is 4.26. The van der Waals surface area contributed by atoms with Crippen molar-refractivity contribution in [1.82, 2.24) is 29.6 Å². The number of hydrogen-bond donors (Lipinski definition) is 1. The first kappa shape index (κ1) is 21.5. The fourth-order valence-corrected chi connectivity index (χ4v) is 5.40. The number of nitrogens with zero attached hydrogens (tertiary/aromatic N) is 7. The molecular weight excluding hydrogens is 503 g/mol. The first-order valence-corrected chi connectivity index (χ1v) is 12.1. The summed E-state index contributed by atoms with van der Waals surface area (Å²) in [6.45, 7) is 3.19. The van der Waals surface area contributed by atoms with E-state index in [0.717, 1.165) is 30.5 Å². The van der Waals surface area contributed by atoms with Crippen molar-refractivity contribution < 1.29 is 9.13 Å².